The quantitative estimate of drug-likeness (QED) is 0.798. The Bertz CT molecular complexity index is 570. The van der Waals surface area contributed by atoms with Gasteiger partial charge in [-0.15, -0.1) is 0 Å². The first-order chi connectivity index (χ1) is 12.0. The molecule has 1 saturated carbocycles. The standard InChI is InChI=1S/C16H23ClN2.C2H2O4/c17-15-5-3-4-14(12-15)13-18-8-10-19(11-9-18)16-6-1-2-7-16;3-1(4)2(5)6/h3-5,12,16H,1-2,6-11,13H2;(H,3,4)(H,5,6). The minimum absolute atomic E-state index is 0.849. The Morgan fingerprint density at radius 3 is 2.16 bits per heavy atom. The van der Waals surface area contributed by atoms with Gasteiger partial charge in [0.05, 0.1) is 0 Å². The van der Waals surface area contributed by atoms with Gasteiger partial charge in [-0.2, -0.15) is 0 Å². The molecule has 6 nitrogen and oxygen atoms in total. The smallest absolute Gasteiger partial charge is 0.414 e. The molecule has 1 aromatic carbocycles. The van der Waals surface area contributed by atoms with Gasteiger partial charge < -0.3 is 10.2 Å². The number of benzene rings is 1. The summed E-state index contributed by atoms with van der Waals surface area (Å²) in [6.07, 6.45) is 5.73. The molecule has 0 spiro atoms. The fourth-order valence-corrected chi connectivity index (χ4v) is 3.66. The lowest BCUT2D eigenvalue weighted by molar-refractivity contribution is -0.159. The summed E-state index contributed by atoms with van der Waals surface area (Å²) in [7, 11) is 0. The van der Waals surface area contributed by atoms with E-state index in [1.807, 2.05) is 12.1 Å². The van der Waals surface area contributed by atoms with Gasteiger partial charge in [-0.3, -0.25) is 9.80 Å². The molecule has 0 bridgehead atoms. The van der Waals surface area contributed by atoms with Crippen molar-refractivity contribution < 1.29 is 19.8 Å². The van der Waals surface area contributed by atoms with Crippen molar-refractivity contribution in [3.05, 3.63) is 34.9 Å². The summed E-state index contributed by atoms with van der Waals surface area (Å²) in [5.41, 5.74) is 1.34. The van der Waals surface area contributed by atoms with Gasteiger partial charge in [-0.25, -0.2) is 9.59 Å². The molecular formula is C18H25ClN2O4. The van der Waals surface area contributed by atoms with Gasteiger partial charge in [0.15, 0.2) is 0 Å². The molecule has 138 valence electrons. The number of nitrogens with zero attached hydrogens (tertiary/aromatic N) is 2. The van der Waals surface area contributed by atoms with Gasteiger partial charge in [-0.1, -0.05) is 36.6 Å². The maximum atomic E-state index is 9.10. The second-order valence-electron chi connectivity index (χ2n) is 6.49. The molecule has 2 N–H and O–H groups in total. The number of carboxylic acid groups (broad SMARTS) is 2. The summed E-state index contributed by atoms with van der Waals surface area (Å²) in [4.78, 5) is 23.5. The maximum Gasteiger partial charge on any atom is 0.414 e. The van der Waals surface area contributed by atoms with Crippen molar-refractivity contribution in [3.63, 3.8) is 0 Å². The first-order valence-electron chi connectivity index (χ1n) is 8.63. The number of rotatable bonds is 3. The van der Waals surface area contributed by atoms with Gasteiger partial charge in [0, 0.05) is 43.8 Å². The van der Waals surface area contributed by atoms with Crippen LogP contribution in [-0.2, 0) is 16.1 Å². The summed E-state index contributed by atoms with van der Waals surface area (Å²) in [6, 6.07) is 9.14. The number of hydrogen-bond acceptors (Lipinski definition) is 4. The van der Waals surface area contributed by atoms with Crippen LogP contribution in [0.1, 0.15) is 31.2 Å². The summed E-state index contributed by atoms with van der Waals surface area (Å²) in [5, 5.41) is 15.6. The van der Waals surface area contributed by atoms with E-state index in [1.54, 1.807) is 0 Å². The molecule has 1 aliphatic carbocycles. The fourth-order valence-electron chi connectivity index (χ4n) is 3.45. The van der Waals surface area contributed by atoms with Crippen molar-refractivity contribution in [2.75, 3.05) is 26.2 Å². The normalized spacial score (nSPS) is 19.2. The maximum absolute atomic E-state index is 9.10. The van der Waals surface area contributed by atoms with E-state index in [0.717, 1.165) is 17.6 Å². The monoisotopic (exact) mass is 368 g/mol. The Labute approximate surface area is 153 Å². The topological polar surface area (TPSA) is 81.1 Å². The average molecular weight is 369 g/mol. The largest absolute Gasteiger partial charge is 0.473 e. The third kappa shape index (κ3) is 6.65. The van der Waals surface area contributed by atoms with E-state index < -0.39 is 11.9 Å². The molecule has 3 rings (SSSR count). The Hall–Kier alpha value is -1.63. The third-order valence-electron chi connectivity index (χ3n) is 4.73. The van der Waals surface area contributed by atoms with Crippen LogP contribution in [0.3, 0.4) is 0 Å². The van der Waals surface area contributed by atoms with Crippen LogP contribution in [0.4, 0.5) is 0 Å². The van der Waals surface area contributed by atoms with Crippen LogP contribution in [-0.4, -0.2) is 64.2 Å². The highest BCUT2D eigenvalue weighted by Gasteiger charge is 2.25. The van der Waals surface area contributed by atoms with Crippen LogP contribution < -0.4 is 0 Å². The second kappa shape index (κ2) is 9.75. The van der Waals surface area contributed by atoms with Crippen molar-refractivity contribution in [1.29, 1.82) is 0 Å². The number of carboxylic acids is 2. The van der Waals surface area contributed by atoms with Gasteiger partial charge in [0.2, 0.25) is 0 Å². The molecule has 2 aliphatic rings. The Morgan fingerprint density at radius 1 is 1.04 bits per heavy atom. The van der Waals surface area contributed by atoms with Crippen molar-refractivity contribution in [2.45, 2.75) is 38.3 Å². The summed E-state index contributed by atoms with van der Waals surface area (Å²) >= 11 is 6.05. The lowest BCUT2D eigenvalue weighted by Crippen LogP contribution is -2.49. The van der Waals surface area contributed by atoms with E-state index in [0.29, 0.717) is 0 Å². The minimum atomic E-state index is -1.82. The molecular weight excluding hydrogens is 344 g/mol. The van der Waals surface area contributed by atoms with Crippen LogP contribution in [0.2, 0.25) is 5.02 Å². The zero-order valence-electron chi connectivity index (χ0n) is 14.2. The van der Waals surface area contributed by atoms with Crippen LogP contribution in [0.25, 0.3) is 0 Å². The molecule has 1 aliphatic heterocycles. The zero-order valence-corrected chi connectivity index (χ0v) is 15.0. The molecule has 0 aromatic heterocycles. The summed E-state index contributed by atoms with van der Waals surface area (Å²) in [5.74, 6) is -3.65. The van der Waals surface area contributed by atoms with E-state index in [2.05, 4.69) is 21.9 Å². The molecule has 0 amide bonds. The Balaban J connectivity index is 0.000000326. The van der Waals surface area contributed by atoms with E-state index in [-0.39, 0.29) is 0 Å². The number of piperazine rings is 1. The average Bonchev–Trinajstić information content (AvgIpc) is 3.10. The van der Waals surface area contributed by atoms with Gasteiger partial charge >= 0.3 is 11.9 Å². The van der Waals surface area contributed by atoms with Crippen LogP contribution >= 0.6 is 11.6 Å². The molecule has 1 heterocycles. The van der Waals surface area contributed by atoms with Crippen molar-refractivity contribution in [3.8, 4) is 0 Å². The number of hydrogen-bond donors (Lipinski definition) is 2. The number of carbonyl (C=O) groups is 2. The fraction of sp³-hybridized carbons (Fsp3) is 0.556. The minimum Gasteiger partial charge on any atom is -0.473 e. The molecule has 0 unspecified atom stereocenters. The predicted octanol–water partition coefficient (Wildman–Crippen LogP) is 2.56. The van der Waals surface area contributed by atoms with Gasteiger partial charge in [-0.05, 0) is 30.5 Å². The molecule has 0 atom stereocenters. The summed E-state index contributed by atoms with van der Waals surface area (Å²) < 4.78 is 0. The second-order valence-corrected chi connectivity index (χ2v) is 6.93. The Morgan fingerprint density at radius 2 is 1.64 bits per heavy atom. The van der Waals surface area contributed by atoms with Crippen molar-refractivity contribution in [1.82, 2.24) is 9.80 Å². The molecule has 25 heavy (non-hydrogen) atoms. The van der Waals surface area contributed by atoms with E-state index in [4.69, 9.17) is 31.4 Å². The predicted molar refractivity (Wildman–Crippen MR) is 95.8 cm³/mol. The zero-order chi connectivity index (χ0) is 18.2. The van der Waals surface area contributed by atoms with Crippen LogP contribution in [0, 0.1) is 0 Å². The third-order valence-corrected chi connectivity index (χ3v) is 4.96. The van der Waals surface area contributed by atoms with Crippen molar-refractivity contribution in [2.24, 2.45) is 0 Å². The highest BCUT2D eigenvalue weighted by atomic mass is 35.5. The highest BCUT2D eigenvalue weighted by Crippen LogP contribution is 2.24. The Kier molecular flexibility index (Phi) is 7.68. The van der Waals surface area contributed by atoms with E-state index in [9.17, 15) is 0 Å². The molecule has 1 saturated heterocycles. The van der Waals surface area contributed by atoms with Gasteiger partial charge in [0.25, 0.3) is 0 Å². The van der Waals surface area contributed by atoms with Crippen LogP contribution in [0.15, 0.2) is 24.3 Å². The molecule has 7 heteroatoms. The number of aliphatic carboxylic acids is 2. The molecule has 1 aromatic rings. The first kappa shape index (κ1) is 19.7. The first-order valence-corrected chi connectivity index (χ1v) is 9.00. The highest BCUT2D eigenvalue weighted by molar-refractivity contribution is 6.30. The van der Waals surface area contributed by atoms with Crippen molar-refractivity contribution >= 4 is 23.5 Å². The lowest BCUT2D eigenvalue weighted by Gasteiger charge is -2.38. The molecule has 2 fully saturated rings. The van der Waals surface area contributed by atoms with Crippen LogP contribution in [0.5, 0.6) is 0 Å². The lowest BCUT2D eigenvalue weighted by atomic mass is 10.1. The van der Waals surface area contributed by atoms with Gasteiger partial charge in [0.1, 0.15) is 0 Å². The number of halogens is 1. The molecule has 0 radical (unpaired) electrons. The van der Waals surface area contributed by atoms with E-state index >= 15 is 0 Å². The SMILES string of the molecule is Clc1cccc(CN2CCN(C3CCCC3)CC2)c1.O=C(O)C(=O)O. The van der Waals surface area contributed by atoms with E-state index in [1.165, 1.54) is 57.4 Å². The summed E-state index contributed by atoms with van der Waals surface area (Å²) in [6.45, 7) is 5.92.